The van der Waals surface area contributed by atoms with Crippen molar-refractivity contribution in [2.45, 2.75) is 31.7 Å². The summed E-state index contributed by atoms with van der Waals surface area (Å²) < 4.78 is 46.8. The van der Waals surface area contributed by atoms with E-state index < -0.39 is 6.36 Å². The van der Waals surface area contributed by atoms with Gasteiger partial charge in [0, 0.05) is 5.69 Å². The number of halogens is 3. The standard InChI is InChI=1S/C26H24F3NO3/c1-32-21-16-12-20(13-17-21)30-24(19-10-14-22(15-11-19)33-26(27,28)29)23(25(30)31)9-5-8-18-6-3-2-4-7-18/h2-4,6-7,10-17,23-24H,5,8-9H2,1H3/t23-,24-/m1/s1. The van der Waals surface area contributed by atoms with Gasteiger partial charge < -0.3 is 14.4 Å². The number of alkyl halides is 3. The summed E-state index contributed by atoms with van der Waals surface area (Å²) in [4.78, 5) is 14.8. The van der Waals surface area contributed by atoms with Gasteiger partial charge in [-0.15, -0.1) is 13.2 Å². The van der Waals surface area contributed by atoms with Crippen LogP contribution in [0.2, 0.25) is 0 Å². The predicted molar refractivity (Wildman–Crippen MR) is 119 cm³/mol. The monoisotopic (exact) mass is 455 g/mol. The molecule has 4 nitrogen and oxygen atoms in total. The first-order valence-electron chi connectivity index (χ1n) is 10.7. The summed E-state index contributed by atoms with van der Waals surface area (Å²) in [6.45, 7) is 0. The fourth-order valence-electron chi connectivity index (χ4n) is 4.28. The molecule has 33 heavy (non-hydrogen) atoms. The van der Waals surface area contributed by atoms with Gasteiger partial charge in [-0.1, -0.05) is 42.5 Å². The van der Waals surface area contributed by atoms with E-state index in [1.54, 1.807) is 36.3 Å². The Morgan fingerprint density at radius 1 is 0.879 bits per heavy atom. The van der Waals surface area contributed by atoms with E-state index in [1.165, 1.54) is 17.7 Å². The summed E-state index contributed by atoms with van der Waals surface area (Å²) in [6, 6.07) is 22.8. The molecule has 0 saturated carbocycles. The van der Waals surface area contributed by atoms with Crippen LogP contribution < -0.4 is 14.4 Å². The quantitative estimate of drug-likeness (QED) is 0.373. The van der Waals surface area contributed by atoms with Crippen LogP contribution in [0.4, 0.5) is 18.9 Å². The van der Waals surface area contributed by atoms with Crippen molar-refractivity contribution < 1.29 is 27.4 Å². The number of hydrogen-bond acceptors (Lipinski definition) is 3. The minimum atomic E-state index is -4.75. The predicted octanol–water partition coefficient (Wildman–Crippen LogP) is 6.32. The van der Waals surface area contributed by atoms with Gasteiger partial charge in [-0.2, -0.15) is 0 Å². The third-order valence-electron chi connectivity index (χ3n) is 5.84. The fraction of sp³-hybridized carbons (Fsp3) is 0.269. The number of methoxy groups -OCH3 is 1. The van der Waals surface area contributed by atoms with Crippen LogP contribution in [0.5, 0.6) is 11.5 Å². The summed E-state index contributed by atoms with van der Waals surface area (Å²) in [5.74, 6) is 0.156. The smallest absolute Gasteiger partial charge is 0.497 e. The maximum absolute atomic E-state index is 13.1. The normalized spacial score (nSPS) is 18.1. The number of rotatable bonds is 8. The van der Waals surface area contributed by atoms with Crippen molar-refractivity contribution in [2.75, 3.05) is 12.0 Å². The van der Waals surface area contributed by atoms with Crippen LogP contribution in [0.15, 0.2) is 78.9 Å². The molecule has 1 fully saturated rings. The molecule has 7 heteroatoms. The first-order valence-corrected chi connectivity index (χ1v) is 10.7. The molecule has 0 spiro atoms. The molecule has 0 aliphatic carbocycles. The Balaban J connectivity index is 1.54. The number of amides is 1. The zero-order valence-electron chi connectivity index (χ0n) is 18.1. The number of hydrogen-bond donors (Lipinski definition) is 0. The topological polar surface area (TPSA) is 38.8 Å². The van der Waals surface area contributed by atoms with Crippen molar-refractivity contribution in [3.63, 3.8) is 0 Å². The van der Waals surface area contributed by atoms with E-state index >= 15 is 0 Å². The lowest BCUT2D eigenvalue weighted by molar-refractivity contribution is -0.274. The van der Waals surface area contributed by atoms with Crippen molar-refractivity contribution in [1.29, 1.82) is 0 Å². The Labute approximate surface area is 190 Å². The second kappa shape index (κ2) is 9.57. The lowest BCUT2D eigenvalue weighted by Gasteiger charge is -2.47. The maximum atomic E-state index is 13.1. The third-order valence-corrected chi connectivity index (χ3v) is 5.84. The van der Waals surface area contributed by atoms with Gasteiger partial charge in [-0.25, -0.2) is 0 Å². The van der Waals surface area contributed by atoms with Crippen LogP contribution in [0.3, 0.4) is 0 Å². The average Bonchev–Trinajstić information content (AvgIpc) is 2.81. The maximum Gasteiger partial charge on any atom is 0.573 e. The van der Waals surface area contributed by atoms with Crippen molar-refractivity contribution in [2.24, 2.45) is 5.92 Å². The van der Waals surface area contributed by atoms with E-state index in [2.05, 4.69) is 16.9 Å². The van der Waals surface area contributed by atoms with Gasteiger partial charge in [-0.3, -0.25) is 4.79 Å². The number of carbonyl (C=O) groups excluding carboxylic acids is 1. The second-order valence-electron chi connectivity index (χ2n) is 7.95. The van der Waals surface area contributed by atoms with E-state index in [-0.39, 0.29) is 23.6 Å². The number of β-lactam (4-membered cyclic amide) rings is 1. The Kier molecular flexibility index (Phi) is 6.58. The highest BCUT2D eigenvalue weighted by Gasteiger charge is 2.48. The molecule has 1 aliphatic heterocycles. The molecule has 0 aromatic heterocycles. The van der Waals surface area contributed by atoms with Gasteiger partial charge in [0.25, 0.3) is 0 Å². The molecule has 1 saturated heterocycles. The first kappa shape index (κ1) is 22.7. The molecular weight excluding hydrogens is 431 g/mol. The van der Waals surface area contributed by atoms with E-state index in [9.17, 15) is 18.0 Å². The highest BCUT2D eigenvalue weighted by molar-refractivity contribution is 6.03. The largest absolute Gasteiger partial charge is 0.573 e. The van der Waals surface area contributed by atoms with Crippen LogP contribution in [0, 0.1) is 5.92 Å². The van der Waals surface area contributed by atoms with E-state index in [1.807, 2.05) is 30.3 Å². The van der Waals surface area contributed by atoms with Gasteiger partial charge >= 0.3 is 6.36 Å². The molecule has 1 amide bonds. The second-order valence-corrected chi connectivity index (χ2v) is 7.95. The molecule has 1 heterocycles. The van der Waals surface area contributed by atoms with Crippen molar-refractivity contribution in [1.82, 2.24) is 0 Å². The van der Waals surface area contributed by atoms with Crippen LogP contribution in [-0.2, 0) is 11.2 Å². The number of benzene rings is 3. The SMILES string of the molecule is COc1ccc(N2C(=O)[C@H](CCCc3ccccc3)[C@H]2c2ccc(OC(F)(F)F)cc2)cc1. The molecule has 0 bridgehead atoms. The Morgan fingerprint density at radius 2 is 1.52 bits per heavy atom. The first-order chi connectivity index (χ1) is 15.9. The molecule has 4 rings (SSSR count). The fourth-order valence-corrected chi connectivity index (χ4v) is 4.28. The molecule has 1 aliphatic rings. The third kappa shape index (κ3) is 5.30. The van der Waals surface area contributed by atoms with Gasteiger partial charge in [0.2, 0.25) is 5.91 Å². The van der Waals surface area contributed by atoms with Crippen LogP contribution in [0.25, 0.3) is 0 Å². The van der Waals surface area contributed by atoms with E-state index in [0.29, 0.717) is 12.2 Å². The lowest BCUT2D eigenvalue weighted by Crippen LogP contribution is -2.55. The zero-order valence-corrected chi connectivity index (χ0v) is 18.1. The minimum absolute atomic E-state index is 0.00819. The molecule has 2 atom stereocenters. The van der Waals surface area contributed by atoms with Crippen LogP contribution in [-0.4, -0.2) is 19.4 Å². The molecule has 0 radical (unpaired) electrons. The van der Waals surface area contributed by atoms with E-state index in [4.69, 9.17) is 4.74 Å². The molecular formula is C26H24F3NO3. The number of carbonyl (C=O) groups is 1. The summed E-state index contributed by atoms with van der Waals surface area (Å²) in [5, 5.41) is 0. The lowest BCUT2D eigenvalue weighted by atomic mass is 9.78. The average molecular weight is 455 g/mol. The number of ether oxygens (including phenoxy) is 2. The Hall–Kier alpha value is -3.48. The molecule has 0 N–H and O–H groups in total. The van der Waals surface area contributed by atoms with Crippen molar-refractivity contribution >= 4 is 11.6 Å². The molecule has 3 aromatic carbocycles. The summed E-state index contributed by atoms with van der Waals surface area (Å²) in [7, 11) is 1.57. The molecule has 0 unspecified atom stereocenters. The highest BCUT2D eigenvalue weighted by atomic mass is 19.4. The highest BCUT2D eigenvalue weighted by Crippen LogP contribution is 2.46. The van der Waals surface area contributed by atoms with Crippen LogP contribution in [0.1, 0.15) is 30.0 Å². The Bertz CT molecular complexity index is 1070. The summed E-state index contributed by atoms with van der Waals surface area (Å²) in [5.41, 5.74) is 2.70. The minimum Gasteiger partial charge on any atom is -0.497 e. The number of nitrogens with zero attached hydrogens (tertiary/aromatic N) is 1. The molecule has 172 valence electrons. The van der Waals surface area contributed by atoms with E-state index in [0.717, 1.165) is 24.1 Å². The van der Waals surface area contributed by atoms with Gasteiger partial charge in [0.1, 0.15) is 11.5 Å². The van der Waals surface area contributed by atoms with Crippen molar-refractivity contribution in [3.05, 3.63) is 90.0 Å². The van der Waals surface area contributed by atoms with Gasteiger partial charge in [0.15, 0.2) is 0 Å². The van der Waals surface area contributed by atoms with Crippen LogP contribution >= 0.6 is 0 Å². The zero-order chi connectivity index (χ0) is 23.4. The van der Waals surface area contributed by atoms with Gasteiger partial charge in [0.05, 0.1) is 19.1 Å². The summed E-state index contributed by atoms with van der Waals surface area (Å²) >= 11 is 0. The number of anilines is 1. The van der Waals surface area contributed by atoms with Crippen molar-refractivity contribution in [3.8, 4) is 11.5 Å². The van der Waals surface area contributed by atoms with Gasteiger partial charge in [-0.05, 0) is 66.8 Å². The number of aryl methyl sites for hydroxylation is 1. The molecule has 3 aromatic rings. The Morgan fingerprint density at radius 3 is 2.12 bits per heavy atom. The summed E-state index contributed by atoms with van der Waals surface area (Å²) in [6.07, 6.45) is -2.37.